The molecule has 21 heavy (non-hydrogen) atoms. The third-order valence-electron chi connectivity index (χ3n) is 2.92. The van der Waals surface area contributed by atoms with Crippen molar-refractivity contribution in [1.29, 1.82) is 0 Å². The zero-order valence-corrected chi connectivity index (χ0v) is 12.0. The minimum atomic E-state index is -0.188. The van der Waals surface area contributed by atoms with Crippen LogP contribution in [0.25, 0.3) is 0 Å². The van der Waals surface area contributed by atoms with Gasteiger partial charge in [-0.15, -0.1) is 0 Å². The van der Waals surface area contributed by atoms with Crippen LogP contribution < -0.4 is 5.32 Å². The number of rotatable bonds is 2. The number of nitrogens with one attached hydrogen (secondary N) is 1. The number of aryl methyl sites for hydroxylation is 2. The molecule has 2 rings (SSSR count). The van der Waals surface area contributed by atoms with Gasteiger partial charge in [-0.3, -0.25) is 9.78 Å². The molecule has 0 aliphatic heterocycles. The van der Waals surface area contributed by atoms with Crippen LogP contribution in [0.2, 0.25) is 0 Å². The van der Waals surface area contributed by atoms with E-state index in [1.165, 1.54) is 0 Å². The van der Waals surface area contributed by atoms with Gasteiger partial charge in [0.25, 0.3) is 5.91 Å². The molecule has 2 aromatic rings. The van der Waals surface area contributed by atoms with Gasteiger partial charge in [0, 0.05) is 17.3 Å². The van der Waals surface area contributed by atoms with Gasteiger partial charge in [0.15, 0.2) is 0 Å². The van der Waals surface area contributed by atoms with E-state index < -0.39 is 0 Å². The second-order valence-corrected chi connectivity index (χ2v) is 4.69. The summed E-state index contributed by atoms with van der Waals surface area (Å²) < 4.78 is 0. The highest BCUT2D eigenvalue weighted by molar-refractivity contribution is 6.04. The van der Waals surface area contributed by atoms with Gasteiger partial charge in [-0.25, -0.2) is 0 Å². The average molecular weight is 280 g/mol. The van der Waals surface area contributed by atoms with Crippen molar-refractivity contribution in [2.45, 2.75) is 13.8 Å². The molecule has 4 nitrogen and oxygen atoms in total. The zero-order chi connectivity index (χ0) is 15.2. The Labute approximate surface area is 123 Å². The first-order valence-electron chi connectivity index (χ1n) is 6.53. The van der Waals surface area contributed by atoms with Crippen LogP contribution in [-0.4, -0.2) is 22.6 Å². The number of hydrogen-bond acceptors (Lipinski definition) is 3. The summed E-state index contributed by atoms with van der Waals surface area (Å²) in [5.41, 5.74) is 3.91. The Morgan fingerprint density at radius 2 is 2.10 bits per heavy atom. The van der Waals surface area contributed by atoms with Crippen LogP contribution in [0.5, 0.6) is 0 Å². The van der Waals surface area contributed by atoms with Gasteiger partial charge in [0.05, 0.1) is 11.9 Å². The lowest BCUT2D eigenvalue weighted by atomic mass is 10.0. The summed E-state index contributed by atoms with van der Waals surface area (Å²) >= 11 is 0. The summed E-state index contributed by atoms with van der Waals surface area (Å²) in [5.74, 6) is 5.25. The monoisotopic (exact) mass is 280 g/mol. The Hall–Kier alpha value is -2.64. The van der Waals surface area contributed by atoms with Crippen molar-refractivity contribution < 1.29 is 9.90 Å². The SMILES string of the molecule is Cc1cncc(NC(=O)c2ccc(C#CCO)c(C)c2)c1. The molecule has 1 aromatic carbocycles. The highest BCUT2D eigenvalue weighted by Crippen LogP contribution is 2.13. The largest absolute Gasteiger partial charge is 0.384 e. The number of aromatic nitrogens is 1. The molecular formula is C17H16N2O2. The first-order valence-corrected chi connectivity index (χ1v) is 6.53. The van der Waals surface area contributed by atoms with Crippen molar-refractivity contribution in [2.75, 3.05) is 11.9 Å². The smallest absolute Gasteiger partial charge is 0.255 e. The van der Waals surface area contributed by atoms with Crippen LogP contribution in [0, 0.1) is 25.7 Å². The molecule has 0 aliphatic carbocycles. The van der Waals surface area contributed by atoms with E-state index in [2.05, 4.69) is 22.1 Å². The molecule has 0 bridgehead atoms. The van der Waals surface area contributed by atoms with Crippen LogP contribution in [0.1, 0.15) is 27.0 Å². The fraction of sp³-hybridized carbons (Fsp3) is 0.176. The normalized spacial score (nSPS) is 9.67. The Bertz CT molecular complexity index is 727. The Kier molecular flexibility index (Phi) is 4.70. The van der Waals surface area contributed by atoms with Crippen molar-refractivity contribution in [1.82, 2.24) is 4.98 Å². The molecule has 2 N–H and O–H groups in total. The predicted octanol–water partition coefficient (Wildman–Crippen LogP) is 2.29. The molecule has 0 unspecified atom stereocenters. The lowest BCUT2D eigenvalue weighted by Crippen LogP contribution is -2.12. The number of pyridine rings is 1. The van der Waals surface area contributed by atoms with Gasteiger partial charge in [-0.1, -0.05) is 11.8 Å². The number of benzene rings is 1. The highest BCUT2D eigenvalue weighted by atomic mass is 16.2. The van der Waals surface area contributed by atoms with Crippen LogP contribution in [0.3, 0.4) is 0 Å². The molecule has 0 atom stereocenters. The van der Waals surface area contributed by atoms with Crippen LogP contribution in [0.4, 0.5) is 5.69 Å². The standard InChI is InChI=1S/C17H16N2O2/c1-12-8-16(11-18-10-12)19-17(21)15-6-5-14(4-3-7-20)13(2)9-15/h5-6,8-11,20H,7H2,1-2H3,(H,19,21). The molecule has 0 saturated carbocycles. The highest BCUT2D eigenvalue weighted by Gasteiger charge is 2.08. The van der Waals surface area contributed by atoms with Crippen molar-refractivity contribution in [2.24, 2.45) is 0 Å². The van der Waals surface area contributed by atoms with Crippen LogP contribution >= 0.6 is 0 Å². The number of nitrogens with zero attached hydrogens (tertiary/aromatic N) is 1. The molecule has 4 heteroatoms. The molecule has 1 aromatic heterocycles. The second-order valence-electron chi connectivity index (χ2n) is 4.69. The fourth-order valence-electron chi connectivity index (χ4n) is 1.91. The molecular weight excluding hydrogens is 264 g/mol. The number of hydrogen-bond donors (Lipinski definition) is 2. The molecule has 0 aliphatic rings. The minimum Gasteiger partial charge on any atom is -0.384 e. The predicted molar refractivity (Wildman–Crippen MR) is 82.1 cm³/mol. The van der Waals surface area contributed by atoms with E-state index >= 15 is 0 Å². The topological polar surface area (TPSA) is 62.2 Å². The van der Waals surface area contributed by atoms with Gasteiger partial charge < -0.3 is 10.4 Å². The summed E-state index contributed by atoms with van der Waals surface area (Å²) in [7, 11) is 0. The van der Waals surface area contributed by atoms with E-state index in [9.17, 15) is 4.79 Å². The van der Waals surface area contributed by atoms with E-state index in [0.717, 1.165) is 16.7 Å². The Morgan fingerprint density at radius 1 is 1.29 bits per heavy atom. The molecule has 1 amide bonds. The maximum atomic E-state index is 12.2. The summed E-state index contributed by atoms with van der Waals surface area (Å²) in [6.45, 7) is 3.62. The number of carbonyl (C=O) groups is 1. The van der Waals surface area contributed by atoms with Crippen LogP contribution in [0.15, 0.2) is 36.7 Å². The van der Waals surface area contributed by atoms with Crippen molar-refractivity contribution in [3.05, 3.63) is 58.9 Å². The van der Waals surface area contributed by atoms with Crippen molar-refractivity contribution >= 4 is 11.6 Å². The third kappa shape index (κ3) is 3.91. The first-order chi connectivity index (χ1) is 10.1. The molecule has 0 saturated heterocycles. The minimum absolute atomic E-state index is 0.179. The summed E-state index contributed by atoms with van der Waals surface area (Å²) in [6, 6.07) is 7.13. The van der Waals surface area contributed by atoms with E-state index in [-0.39, 0.29) is 12.5 Å². The Balaban J connectivity index is 2.18. The van der Waals surface area contributed by atoms with Gasteiger partial charge in [-0.05, 0) is 49.2 Å². The zero-order valence-electron chi connectivity index (χ0n) is 12.0. The van der Waals surface area contributed by atoms with E-state index in [1.807, 2.05) is 19.9 Å². The van der Waals surface area contributed by atoms with E-state index in [4.69, 9.17) is 5.11 Å². The van der Waals surface area contributed by atoms with Crippen molar-refractivity contribution in [3.63, 3.8) is 0 Å². The fourth-order valence-corrected chi connectivity index (χ4v) is 1.91. The number of aliphatic hydroxyl groups excluding tert-OH is 1. The lowest BCUT2D eigenvalue weighted by Gasteiger charge is -2.07. The number of carbonyl (C=O) groups excluding carboxylic acids is 1. The van der Waals surface area contributed by atoms with E-state index in [1.54, 1.807) is 30.6 Å². The Morgan fingerprint density at radius 3 is 2.76 bits per heavy atom. The lowest BCUT2D eigenvalue weighted by molar-refractivity contribution is 0.102. The van der Waals surface area contributed by atoms with Gasteiger partial charge >= 0.3 is 0 Å². The van der Waals surface area contributed by atoms with Gasteiger partial charge in [0.2, 0.25) is 0 Å². The molecule has 0 spiro atoms. The first kappa shape index (κ1) is 14.8. The van der Waals surface area contributed by atoms with Crippen molar-refractivity contribution in [3.8, 4) is 11.8 Å². The molecule has 0 radical (unpaired) electrons. The van der Waals surface area contributed by atoms with Crippen LogP contribution in [-0.2, 0) is 0 Å². The average Bonchev–Trinajstić information content (AvgIpc) is 2.46. The second kappa shape index (κ2) is 6.69. The molecule has 0 fully saturated rings. The molecule has 106 valence electrons. The number of anilines is 1. The third-order valence-corrected chi connectivity index (χ3v) is 2.92. The van der Waals surface area contributed by atoms with Gasteiger partial charge in [-0.2, -0.15) is 0 Å². The quantitative estimate of drug-likeness (QED) is 0.830. The summed E-state index contributed by atoms with van der Waals surface area (Å²) in [4.78, 5) is 16.2. The number of aliphatic hydroxyl groups is 1. The summed E-state index contributed by atoms with van der Waals surface area (Å²) in [6.07, 6.45) is 3.34. The van der Waals surface area contributed by atoms with E-state index in [0.29, 0.717) is 11.3 Å². The maximum Gasteiger partial charge on any atom is 0.255 e. The number of amides is 1. The maximum absolute atomic E-state index is 12.2. The molecule has 1 heterocycles. The van der Waals surface area contributed by atoms with Gasteiger partial charge in [0.1, 0.15) is 6.61 Å². The summed E-state index contributed by atoms with van der Waals surface area (Å²) in [5, 5.41) is 11.5.